The van der Waals surface area contributed by atoms with E-state index in [1.54, 1.807) is 7.05 Å². The first kappa shape index (κ1) is 16.8. The molecular weight excluding hydrogens is 321 g/mol. The summed E-state index contributed by atoms with van der Waals surface area (Å²) in [6.45, 7) is 2.37. The summed E-state index contributed by atoms with van der Waals surface area (Å²) < 4.78 is 0.649. The standard InChI is InChI=1S/C9H11BrClN3O.K/c1-3-13-9(15)6-7(12-2)5(10)4-14-8(6)11;/h4H,3H2,1-2H3,(H2,12,13,14,15);/q;+1/p-1. The molecule has 82 valence electrons. The molecule has 0 fully saturated rings. The fourth-order valence-corrected chi connectivity index (χ4v) is 1.83. The zero-order valence-electron chi connectivity index (χ0n) is 9.34. The van der Waals surface area contributed by atoms with Crippen molar-refractivity contribution >= 4 is 39.1 Å². The minimum Gasteiger partial charge on any atom is -0.685 e. The van der Waals surface area contributed by atoms with Crippen molar-refractivity contribution < 1.29 is 56.2 Å². The number of carbonyl (C=O) groups is 1. The average Bonchev–Trinajstić information content (AvgIpc) is 2.21. The second kappa shape index (κ2) is 8.02. The van der Waals surface area contributed by atoms with Gasteiger partial charge in [0.15, 0.2) is 0 Å². The van der Waals surface area contributed by atoms with E-state index in [2.05, 4.69) is 31.5 Å². The van der Waals surface area contributed by atoms with Crippen molar-refractivity contribution in [1.82, 2.24) is 10.3 Å². The normalized spacial score (nSPS) is 9.25. The molecule has 0 spiro atoms. The third-order valence-corrected chi connectivity index (χ3v) is 2.62. The molecular formula is C9H10BrClKN3O. The Hall–Kier alpha value is 0.826. The van der Waals surface area contributed by atoms with Crippen LogP contribution < -0.4 is 56.7 Å². The predicted molar refractivity (Wildman–Crippen MR) is 63.9 cm³/mol. The monoisotopic (exact) mass is 329 g/mol. The first-order chi connectivity index (χ1) is 7.11. The summed E-state index contributed by atoms with van der Waals surface area (Å²) in [6.07, 6.45) is 1.52. The largest absolute Gasteiger partial charge is 1.00 e. The van der Waals surface area contributed by atoms with Gasteiger partial charge in [-0.3, -0.25) is 4.79 Å². The molecule has 0 aliphatic rings. The number of pyridine rings is 1. The van der Waals surface area contributed by atoms with Crippen LogP contribution in [0.2, 0.25) is 5.15 Å². The van der Waals surface area contributed by atoms with Crippen LogP contribution in [0.15, 0.2) is 10.7 Å². The fourth-order valence-electron chi connectivity index (χ4n) is 1.12. The van der Waals surface area contributed by atoms with Gasteiger partial charge in [0, 0.05) is 17.2 Å². The van der Waals surface area contributed by atoms with E-state index < -0.39 is 0 Å². The molecule has 0 atom stereocenters. The van der Waals surface area contributed by atoms with Gasteiger partial charge in [0.2, 0.25) is 0 Å². The Bertz CT molecular complexity index is 389. The topological polar surface area (TPSA) is 56.1 Å². The molecule has 0 bridgehead atoms. The van der Waals surface area contributed by atoms with Gasteiger partial charge in [-0.05, 0) is 6.92 Å². The molecule has 1 amide bonds. The summed E-state index contributed by atoms with van der Waals surface area (Å²) in [4.78, 5) is 15.6. The minimum absolute atomic E-state index is 0. The Balaban J connectivity index is 0.00000225. The maximum absolute atomic E-state index is 11.7. The first-order valence-corrected chi connectivity index (χ1v) is 5.51. The quantitative estimate of drug-likeness (QED) is 0.621. The van der Waals surface area contributed by atoms with Crippen molar-refractivity contribution in [1.29, 1.82) is 0 Å². The van der Waals surface area contributed by atoms with Gasteiger partial charge in [0.05, 0.1) is 5.56 Å². The minimum atomic E-state index is -0.267. The number of nitrogens with zero attached hydrogens (tertiary/aromatic N) is 2. The molecule has 0 saturated carbocycles. The molecule has 0 saturated heterocycles. The van der Waals surface area contributed by atoms with Gasteiger partial charge in [-0.2, -0.15) is 0 Å². The van der Waals surface area contributed by atoms with Crippen molar-refractivity contribution in [3.63, 3.8) is 0 Å². The van der Waals surface area contributed by atoms with Crippen LogP contribution in [0.1, 0.15) is 17.3 Å². The maximum atomic E-state index is 11.7. The molecule has 0 aromatic carbocycles. The summed E-state index contributed by atoms with van der Waals surface area (Å²) in [5.74, 6) is -0.267. The van der Waals surface area contributed by atoms with E-state index in [4.69, 9.17) is 11.6 Å². The van der Waals surface area contributed by atoms with E-state index in [-0.39, 0.29) is 62.4 Å². The number of halogens is 2. The molecule has 0 aliphatic heterocycles. The van der Waals surface area contributed by atoms with E-state index >= 15 is 0 Å². The summed E-state index contributed by atoms with van der Waals surface area (Å²) in [6, 6.07) is 0. The summed E-state index contributed by atoms with van der Waals surface area (Å²) in [7, 11) is 1.60. The van der Waals surface area contributed by atoms with Crippen molar-refractivity contribution in [3.05, 3.63) is 26.7 Å². The van der Waals surface area contributed by atoms with Crippen LogP contribution in [0.3, 0.4) is 0 Å². The fraction of sp³-hybridized carbons (Fsp3) is 0.333. The molecule has 0 aliphatic carbocycles. The van der Waals surface area contributed by atoms with E-state index in [9.17, 15) is 4.79 Å². The third kappa shape index (κ3) is 3.94. The van der Waals surface area contributed by atoms with Gasteiger partial charge >= 0.3 is 51.4 Å². The van der Waals surface area contributed by atoms with E-state index in [0.717, 1.165) is 0 Å². The van der Waals surface area contributed by atoms with Crippen LogP contribution in [-0.2, 0) is 0 Å². The van der Waals surface area contributed by atoms with E-state index in [0.29, 0.717) is 22.3 Å². The van der Waals surface area contributed by atoms with Crippen LogP contribution in [0.5, 0.6) is 0 Å². The molecule has 4 nitrogen and oxygen atoms in total. The van der Waals surface area contributed by atoms with Crippen LogP contribution >= 0.6 is 27.5 Å². The van der Waals surface area contributed by atoms with Crippen molar-refractivity contribution in [2.75, 3.05) is 13.6 Å². The summed E-state index contributed by atoms with van der Waals surface area (Å²) in [5, 5.41) is 6.82. The second-order valence-electron chi connectivity index (χ2n) is 2.70. The van der Waals surface area contributed by atoms with Crippen LogP contribution in [-0.4, -0.2) is 24.5 Å². The van der Waals surface area contributed by atoms with Crippen LogP contribution in [0, 0.1) is 0 Å². The SMILES string of the molecule is CCNC(=O)c1c(Cl)ncc(Br)c1[N-]C.[K+]. The van der Waals surface area contributed by atoms with Gasteiger partial charge < -0.3 is 10.6 Å². The third-order valence-electron chi connectivity index (χ3n) is 1.75. The molecule has 1 aromatic heterocycles. The Labute approximate surface area is 150 Å². The van der Waals surface area contributed by atoms with Crippen molar-refractivity contribution in [2.45, 2.75) is 6.92 Å². The number of aromatic nitrogens is 1. The van der Waals surface area contributed by atoms with Gasteiger partial charge in [-0.1, -0.05) is 27.5 Å². The number of nitrogens with one attached hydrogen (secondary N) is 1. The number of rotatable bonds is 3. The van der Waals surface area contributed by atoms with Gasteiger partial charge in [-0.15, -0.1) is 12.7 Å². The Morgan fingerprint density at radius 1 is 1.69 bits per heavy atom. The molecule has 0 radical (unpaired) electrons. The Morgan fingerprint density at radius 3 is 2.81 bits per heavy atom. The first-order valence-electron chi connectivity index (χ1n) is 4.33. The summed E-state index contributed by atoms with van der Waals surface area (Å²) in [5.41, 5.74) is 0.816. The smallest absolute Gasteiger partial charge is 0.685 e. The van der Waals surface area contributed by atoms with E-state index in [1.807, 2.05) is 6.92 Å². The van der Waals surface area contributed by atoms with Gasteiger partial charge in [0.1, 0.15) is 5.15 Å². The Morgan fingerprint density at radius 2 is 2.31 bits per heavy atom. The molecule has 1 heterocycles. The molecule has 1 aromatic rings. The molecule has 1 N–H and O–H groups in total. The molecule has 16 heavy (non-hydrogen) atoms. The van der Waals surface area contributed by atoms with Gasteiger partial charge in [0.25, 0.3) is 5.91 Å². The molecule has 7 heteroatoms. The summed E-state index contributed by atoms with van der Waals surface area (Å²) >= 11 is 9.12. The van der Waals surface area contributed by atoms with Crippen molar-refractivity contribution in [2.24, 2.45) is 0 Å². The zero-order chi connectivity index (χ0) is 11.4. The Kier molecular flexibility index (Phi) is 8.44. The average molecular weight is 331 g/mol. The maximum Gasteiger partial charge on any atom is 1.00 e. The number of carbonyl (C=O) groups excluding carboxylic acids is 1. The predicted octanol–water partition coefficient (Wildman–Crippen LogP) is -0.114. The van der Waals surface area contributed by atoms with Crippen LogP contribution in [0.25, 0.3) is 5.32 Å². The molecule has 0 unspecified atom stereocenters. The number of hydrogen-bond acceptors (Lipinski definition) is 2. The number of hydrogen-bond donors (Lipinski definition) is 1. The van der Waals surface area contributed by atoms with Crippen LogP contribution in [0.4, 0.5) is 5.69 Å². The van der Waals surface area contributed by atoms with Gasteiger partial charge in [-0.25, -0.2) is 4.98 Å². The zero-order valence-corrected chi connectivity index (χ0v) is 14.8. The number of amides is 1. The second-order valence-corrected chi connectivity index (χ2v) is 3.92. The molecule has 1 rings (SSSR count). The van der Waals surface area contributed by atoms with Crippen molar-refractivity contribution in [3.8, 4) is 0 Å². The van der Waals surface area contributed by atoms with E-state index in [1.165, 1.54) is 6.20 Å².